The smallest absolute Gasteiger partial charge is 0.422 e. The summed E-state index contributed by atoms with van der Waals surface area (Å²) in [6.45, 7) is -0.467. The molecule has 10 heteroatoms. The summed E-state index contributed by atoms with van der Waals surface area (Å²) in [4.78, 5) is 10.7. The molecule has 1 aromatic rings. The van der Waals surface area contributed by atoms with Gasteiger partial charge in [0.05, 0.1) is 10.6 Å². The van der Waals surface area contributed by atoms with Crippen molar-refractivity contribution in [2.75, 3.05) is 12.9 Å². The van der Waals surface area contributed by atoms with Gasteiger partial charge in [-0.05, 0) is 30.2 Å². The van der Waals surface area contributed by atoms with Crippen LogP contribution in [0, 0.1) is 6.92 Å². The van der Waals surface area contributed by atoms with Gasteiger partial charge >= 0.3 is 6.18 Å². The van der Waals surface area contributed by atoms with Crippen molar-refractivity contribution in [3.63, 3.8) is 0 Å². The van der Waals surface area contributed by atoms with E-state index in [1.54, 1.807) is 0 Å². The van der Waals surface area contributed by atoms with Crippen molar-refractivity contribution in [3.8, 4) is 5.75 Å². The molecule has 0 spiro atoms. The summed E-state index contributed by atoms with van der Waals surface area (Å²) >= 11 is 11.0. The molecule has 0 aliphatic heterocycles. The van der Waals surface area contributed by atoms with Crippen molar-refractivity contribution in [1.29, 1.82) is 0 Å². The number of benzene rings is 1. The second-order valence-electron chi connectivity index (χ2n) is 4.16. The van der Waals surface area contributed by atoms with E-state index in [0.717, 1.165) is 12.3 Å². The van der Waals surface area contributed by atoms with E-state index < -0.39 is 43.5 Å². The third-order valence-corrected chi connectivity index (χ3v) is 4.15. The molecule has 0 amide bonds. The van der Waals surface area contributed by atoms with Gasteiger partial charge in [-0.15, -0.1) is 0 Å². The van der Waals surface area contributed by atoms with Crippen molar-refractivity contribution in [2.45, 2.75) is 18.0 Å². The fourth-order valence-corrected chi connectivity index (χ4v) is 3.32. The number of hydrogen-bond acceptors (Lipinski definition) is 4. The Morgan fingerprint density at radius 2 is 1.90 bits per heavy atom. The zero-order chi connectivity index (χ0) is 16.6. The molecule has 4 nitrogen and oxygen atoms in total. The fourth-order valence-electron chi connectivity index (χ4n) is 1.63. The third-order valence-electron chi connectivity index (χ3n) is 2.32. The van der Waals surface area contributed by atoms with Crippen LogP contribution in [0.2, 0.25) is 5.02 Å². The number of alkyl halides is 3. The molecule has 21 heavy (non-hydrogen) atoms. The van der Waals surface area contributed by atoms with Crippen LogP contribution < -0.4 is 4.74 Å². The van der Waals surface area contributed by atoms with Gasteiger partial charge in [0.15, 0.2) is 22.2 Å². The molecule has 0 radical (unpaired) electrons. The first-order valence-corrected chi connectivity index (χ1v) is 7.92. The molecule has 0 saturated heterocycles. The van der Waals surface area contributed by atoms with Crippen LogP contribution in [0.4, 0.5) is 13.2 Å². The second-order valence-corrected chi connectivity index (χ2v) is 6.84. The van der Waals surface area contributed by atoms with E-state index in [0.29, 0.717) is 0 Å². The monoisotopic (exact) mass is 364 g/mol. The van der Waals surface area contributed by atoms with E-state index in [4.69, 9.17) is 23.2 Å². The number of carbonyl (C=O) groups excluding carboxylic acids is 1. The number of sulfone groups is 1. The lowest BCUT2D eigenvalue weighted by molar-refractivity contribution is -0.153. The number of halogens is 5. The van der Waals surface area contributed by atoms with Crippen LogP contribution in [-0.2, 0) is 9.84 Å². The van der Waals surface area contributed by atoms with Crippen molar-refractivity contribution in [3.05, 3.63) is 22.2 Å². The highest BCUT2D eigenvalue weighted by molar-refractivity contribution is 7.90. The third kappa shape index (κ3) is 4.49. The number of hydrogen-bond donors (Lipinski definition) is 0. The lowest BCUT2D eigenvalue weighted by Crippen LogP contribution is -2.21. The Bertz CT molecular complexity index is 684. The highest BCUT2D eigenvalue weighted by atomic mass is 35.5. The van der Waals surface area contributed by atoms with Crippen molar-refractivity contribution < 1.29 is 31.1 Å². The quantitative estimate of drug-likeness (QED) is 0.768. The molecule has 0 bridgehead atoms. The van der Waals surface area contributed by atoms with Gasteiger partial charge in [-0.25, -0.2) is 8.42 Å². The van der Waals surface area contributed by atoms with Gasteiger partial charge in [0.1, 0.15) is 4.90 Å². The fraction of sp³-hybridized carbons (Fsp3) is 0.364. The Labute approximate surface area is 128 Å². The summed E-state index contributed by atoms with van der Waals surface area (Å²) in [5.41, 5.74) is -0.330. The molecule has 0 atom stereocenters. The van der Waals surface area contributed by atoms with Gasteiger partial charge in [-0.1, -0.05) is 11.6 Å². The largest absolute Gasteiger partial charge is 0.481 e. The maximum atomic E-state index is 12.3. The molecule has 1 aromatic carbocycles. The Balaban J connectivity index is 3.58. The molecular formula is C11H9Cl2F3O4S. The summed E-state index contributed by atoms with van der Waals surface area (Å²) in [5, 5.41) is -1.62. The van der Waals surface area contributed by atoms with Crippen LogP contribution in [-0.4, -0.2) is 32.7 Å². The lowest BCUT2D eigenvalue weighted by atomic mass is 10.1. The predicted molar refractivity (Wildman–Crippen MR) is 71.0 cm³/mol. The zero-order valence-electron chi connectivity index (χ0n) is 10.7. The maximum Gasteiger partial charge on any atom is 0.422 e. The van der Waals surface area contributed by atoms with Crippen molar-refractivity contribution in [1.82, 2.24) is 0 Å². The van der Waals surface area contributed by atoms with Crippen LogP contribution in [0.15, 0.2) is 11.0 Å². The molecule has 0 heterocycles. The van der Waals surface area contributed by atoms with Crippen LogP contribution in [0.5, 0.6) is 5.75 Å². The standard InChI is InChI=1S/C11H9Cl2F3O4S/c1-5-3-6(10(13)17)7(12)8(9(5)21(2,18)19)20-4-11(14,15)16/h3H,4H2,1-2H3. The molecule has 0 aliphatic carbocycles. The van der Waals surface area contributed by atoms with Crippen LogP contribution in [0.3, 0.4) is 0 Å². The molecule has 118 valence electrons. The number of carbonyl (C=O) groups is 1. The Morgan fingerprint density at radius 1 is 1.38 bits per heavy atom. The van der Waals surface area contributed by atoms with Crippen LogP contribution >= 0.6 is 23.2 Å². The lowest BCUT2D eigenvalue weighted by Gasteiger charge is -2.17. The predicted octanol–water partition coefficient (Wildman–Crippen LogP) is 3.37. The van der Waals surface area contributed by atoms with E-state index in [1.807, 2.05) is 0 Å². The van der Waals surface area contributed by atoms with Gasteiger partial charge in [-0.2, -0.15) is 13.2 Å². The molecule has 1 rings (SSSR count). The number of ether oxygens (including phenoxy) is 1. The Kier molecular flexibility index (Phi) is 5.18. The zero-order valence-corrected chi connectivity index (χ0v) is 13.0. The minimum absolute atomic E-state index is 0.00285. The highest BCUT2D eigenvalue weighted by Gasteiger charge is 2.32. The normalized spacial score (nSPS) is 12.3. The number of rotatable bonds is 4. The topological polar surface area (TPSA) is 60.4 Å². The molecular weight excluding hydrogens is 356 g/mol. The van der Waals surface area contributed by atoms with Gasteiger partial charge < -0.3 is 4.74 Å². The average molecular weight is 365 g/mol. The molecule has 0 N–H and O–H groups in total. The highest BCUT2D eigenvalue weighted by Crippen LogP contribution is 2.39. The summed E-state index contributed by atoms with van der Waals surface area (Å²) in [6, 6.07) is 1.08. The first-order valence-electron chi connectivity index (χ1n) is 5.27. The first-order chi connectivity index (χ1) is 9.34. The maximum absolute atomic E-state index is 12.3. The first kappa shape index (κ1) is 18.1. The van der Waals surface area contributed by atoms with Crippen molar-refractivity contribution >= 4 is 38.3 Å². The Morgan fingerprint density at radius 3 is 2.29 bits per heavy atom. The Hall–Kier alpha value is -0.990. The van der Waals surface area contributed by atoms with Gasteiger partial charge in [0.25, 0.3) is 5.24 Å². The minimum atomic E-state index is -4.70. The second kappa shape index (κ2) is 6.02. The summed E-state index contributed by atoms with van der Waals surface area (Å²) in [6.07, 6.45) is -3.92. The van der Waals surface area contributed by atoms with Crippen LogP contribution in [0.25, 0.3) is 0 Å². The number of aryl methyl sites for hydroxylation is 1. The molecule has 0 aliphatic rings. The average Bonchev–Trinajstić information content (AvgIpc) is 2.26. The van der Waals surface area contributed by atoms with Gasteiger partial charge in [0, 0.05) is 6.26 Å². The molecule has 0 saturated carbocycles. The van der Waals surface area contributed by atoms with E-state index in [2.05, 4.69) is 4.74 Å². The van der Waals surface area contributed by atoms with E-state index in [1.165, 1.54) is 6.92 Å². The minimum Gasteiger partial charge on any atom is -0.481 e. The SMILES string of the molecule is Cc1cc(C(=O)Cl)c(Cl)c(OCC(F)(F)F)c1S(C)(=O)=O. The van der Waals surface area contributed by atoms with E-state index >= 15 is 0 Å². The van der Waals surface area contributed by atoms with Crippen molar-refractivity contribution in [2.24, 2.45) is 0 Å². The van der Waals surface area contributed by atoms with Gasteiger partial charge in [0.2, 0.25) is 0 Å². The van der Waals surface area contributed by atoms with E-state index in [-0.39, 0.29) is 11.1 Å². The molecule has 0 aromatic heterocycles. The summed E-state index contributed by atoms with van der Waals surface area (Å²) in [5.74, 6) is -0.736. The van der Waals surface area contributed by atoms with E-state index in [9.17, 15) is 26.4 Å². The van der Waals surface area contributed by atoms with Gasteiger partial charge in [-0.3, -0.25) is 4.79 Å². The molecule has 0 unspecified atom stereocenters. The summed E-state index contributed by atoms with van der Waals surface area (Å²) in [7, 11) is -3.93. The van der Waals surface area contributed by atoms with Crippen LogP contribution in [0.1, 0.15) is 15.9 Å². The molecule has 0 fully saturated rings. The summed E-state index contributed by atoms with van der Waals surface area (Å²) < 4.78 is 64.6.